The molecule has 0 unspecified atom stereocenters. The first-order chi connectivity index (χ1) is 16.5. The Kier molecular flexibility index (Phi) is 6.91. The Labute approximate surface area is 201 Å². The van der Waals surface area contributed by atoms with Gasteiger partial charge in [-0.2, -0.15) is 0 Å². The van der Waals surface area contributed by atoms with Crippen LogP contribution >= 0.6 is 0 Å². The summed E-state index contributed by atoms with van der Waals surface area (Å²) in [5.74, 6) is -1.59. The molecule has 1 aliphatic rings. The highest BCUT2D eigenvalue weighted by Gasteiger charge is 2.26. The maximum atomic E-state index is 14.8. The lowest BCUT2D eigenvalue weighted by Gasteiger charge is -2.32. The molecule has 0 aliphatic carbocycles. The number of para-hydroxylation sites is 1. The summed E-state index contributed by atoms with van der Waals surface area (Å²) in [7, 11) is -4.42. The number of carbonyl (C=O) groups is 1. The van der Waals surface area contributed by atoms with Crippen molar-refractivity contribution >= 4 is 27.0 Å². The molecule has 1 aromatic heterocycles. The molecule has 2 heterocycles. The van der Waals surface area contributed by atoms with E-state index in [1.165, 1.54) is 6.20 Å². The number of aromatic nitrogens is 1. The second-order valence-electron chi connectivity index (χ2n) is 8.56. The van der Waals surface area contributed by atoms with E-state index in [-0.39, 0.29) is 29.4 Å². The third-order valence-corrected chi connectivity index (χ3v) is 6.61. The van der Waals surface area contributed by atoms with E-state index in [1.54, 1.807) is 43.0 Å². The summed E-state index contributed by atoms with van der Waals surface area (Å²) in [5, 5.41) is 5.55. The minimum absolute atomic E-state index is 0.151. The van der Waals surface area contributed by atoms with Gasteiger partial charge in [-0.15, -0.1) is 0 Å². The number of likely N-dealkylation sites (tertiary alicyclic amines) is 1. The van der Waals surface area contributed by atoms with E-state index in [0.29, 0.717) is 48.6 Å². The van der Waals surface area contributed by atoms with Crippen molar-refractivity contribution in [3.8, 4) is 16.9 Å². The molecule has 186 valence electrons. The number of ether oxygens (including phenoxy) is 2. The van der Waals surface area contributed by atoms with Crippen LogP contribution in [0.5, 0.6) is 5.75 Å². The summed E-state index contributed by atoms with van der Waals surface area (Å²) in [6.45, 7) is 4.58. The summed E-state index contributed by atoms with van der Waals surface area (Å²) < 4.78 is 63.8. The van der Waals surface area contributed by atoms with Gasteiger partial charge in [0.15, 0.2) is 0 Å². The van der Waals surface area contributed by atoms with Crippen LogP contribution < -0.4 is 9.88 Å². The number of nitrogens with two attached hydrogens (primary N) is 1. The van der Waals surface area contributed by atoms with Crippen molar-refractivity contribution in [1.82, 2.24) is 9.88 Å². The van der Waals surface area contributed by atoms with Gasteiger partial charge in [-0.25, -0.2) is 27.1 Å². The van der Waals surface area contributed by atoms with Gasteiger partial charge in [0.25, 0.3) is 0 Å². The number of hydrogen-bond donors (Lipinski definition) is 1. The van der Waals surface area contributed by atoms with Gasteiger partial charge in [0.05, 0.1) is 11.6 Å². The molecule has 0 spiro atoms. The first-order valence-corrected chi connectivity index (χ1v) is 12.6. The number of pyridine rings is 1. The summed E-state index contributed by atoms with van der Waals surface area (Å²) in [6, 6.07) is 8.02. The standard InChI is InChI=1S/C24H25F2N3O5S/c1-14(2)33-24(30)29-10-7-15(8-11-29)34-21-6-9-28-23-16(4-3-5-17(21)23)18-12-20(26)22(13-19(18)25)35(27,31)32/h3-6,9,12-15H,7-8,10-11H2,1-2H3,(H2,27,31,32). The molecule has 3 aromatic rings. The molecule has 1 amide bonds. The van der Waals surface area contributed by atoms with Gasteiger partial charge in [-0.1, -0.05) is 12.1 Å². The smallest absolute Gasteiger partial charge is 0.410 e. The highest BCUT2D eigenvalue weighted by Crippen LogP contribution is 2.35. The summed E-state index contributed by atoms with van der Waals surface area (Å²) in [6.07, 6.45) is 2.01. The van der Waals surface area contributed by atoms with E-state index in [4.69, 9.17) is 14.6 Å². The summed E-state index contributed by atoms with van der Waals surface area (Å²) >= 11 is 0. The average molecular weight is 506 g/mol. The highest BCUT2D eigenvalue weighted by atomic mass is 32.2. The Morgan fingerprint density at radius 2 is 1.83 bits per heavy atom. The normalized spacial score (nSPS) is 15.0. The van der Waals surface area contributed by atoms with E-state index in [9.17, 15) is 22.0 Å². The van der Waals surface area contributed by atoms with Crippen molar-refractivity contribution in [2.45, 2.75) is 43.8 Å². The fourth-order valence-corrected chi connectivity index (χ4v) is 4.63. The minimum atomic E-state index is -4.42. The van der Waals surface area contributed by atoms with E-state index in [0.717, 1.165) is 6.07 Å². The summed E-state index contributed by atoms with van der Waals surface area (Å²) in [5.41, 5.74) is 0.489. The fraction of sp³-hybridized carbons (Fsp3) is 0.333. The number of sulfonamides is 1. The zero-order valence-corrected chi connectivity index (χ0v) is 20.0. The lowest BCUT2D eigenvalue weighted by Crippen LogP contribution is -2.42. The molecule has 2 aromatic carbocycles. The van der Waals surface area contributed by atoms with E-state index < -0.39 is 26.6 Å². The number of piperidine rings is 1. The monoisotopic (exact) mass is 505 g/mol. The molecule has 35 heavy (non-hydrogen) atoms. The molecule has 1 saturated heterocycles. The quantitative estimate of drug-likeness (QED) is 0.556. The van der Waals surface area contributed by atoms with Crippen LogP contribution in [-0.2, 0) is 14.8 Å². The predicted molar refractivity (Wildman–Crippen MR) is 125 cm³/mol. The van der Waals surface area contributed by atoms with Crippen LogP contribution in [0.4, 0.5) is 13.6 Å². The van der Waals surface area contributed by atoms with Gasteiger partial charge >= 0.3 is 6.09 Å². The number of halogens is 2. The molecule has 1 fully saturated rings. The number of fused-ring (bicyclic) bond motifs is 1. The van der Waals surface area contributed by atoms with Crippen molar-refractivity contribution in [2.75, 3.05) is 13.1 Å². The molecular formula is C24H25F2N3O5S. The van der Waals surface area contributed by atoms with Crippen molar-refractivity contribution in [1.29, 1.82) is 0 Å². The number of benzene rings is 2. The molecule has 0 bridgehead atoms. The van der Waals surface area contributed by atoms with E-state index in [2.05, 4.69) is 4.98 Å². The first kappa shape index (κ1) is 24.8. The number of carbonyl (C=O) groups excluding carboxylic acids is 1. The number of nitrogens with zero attached hydrogens (tertiary/aromatic N) is 2. The van der Waals surface area contributed by atoms with Crippen molar-refractivity contribution < 1.29 is 31.5 Å². The first-order valence-electron chi connectivity index (χ1n) is 11.1. The summed E-state index contributed by atoms with van der Waals surface area (Å²) in [4.78, 5) is 17.2. The third kappa shape index (κ3) is 5.35. The van der Waals surface area contributed by atoms with Crippen molar-refractivity contribution in [3.63, 3.8) is 0 Å². The van der Waals surface area contributed by atoms with Crippen LogP contribution in [0.15, 0.2) is 47.5 Å². The zero-order chi connectivity index (χ0) is 25.3. The fourth-order valence-electron chi connectivity index (χ4n) is 4.04. The Morgan fingerprint density at radius 1 is 1.11 bits per heavy atom. The predicted octanol–water partition coefficient (Wildman–Crippen LogP) is 4.22. The van der Waals surface area contributed by atoms with Crippen LogP contribution in [0.3, 0.4) is 0 Å². The van der Waals surface area contributed by atoms with Gasteiger partial charge < -0.3 is 14.4 Å². The Hall–Kier alpha value is -3.31. The average Bonchev–Trinajstić information content (AvgIpc) is 2.79. The van der Waals surface area contributed by atoms with Gasteiger partial charge in [0, 0.05) is 48.6 Å². The molecular weight excluding hydrogens is 480 g/mol. The maximum absolute atomic E-state index is 14.8. The Balaban J connectivity index is 1.60. The largest absolute Gasteiger partial charge is 0.490 e. The molecule has 11 heteroatoms. The van der Waals surface area contributed by atoms with Gasteiger partial charge in [0.1, 0.15) is 28.4 Å². The van der Waals surface area contributed by atoms with Crippen LogP contribution in [0.2, 0.25) is 0 Å². The molecule has 0 atom stereocenters. The molecule has 2 N–H and O–H groups in total. The van der Waals surface area contributed by atoms with Gasteiger partial charge in [-0.3, -0.25) is 4.98 Å². The van der Waals surface area contributed by atoms with E-state index >= 15 is 0 Å². The number of rotatable bonds is 5. The number of amides is 1. The number of primary sulfonamides is 1. The van der Waals surface area contributed by atoms with Gasteiger partial charge in [-0.05, 0) is 38.1 Å². The topological polar surface area (TPSA) is 112 Å². The number of hydrogen-bond acceptors (Lipinski definition) is 6. The molecule has 4 rings (SSSR count). The van der Waals surface area contributed by atoms with Crippen LogP contribution in [0.1, 0.15) is 26.7 Å². The van der Waals surface area contributed by atoms with Crippen molar-refractivity contribution in [2.24, 2.45) is 5.14 Å². The Morgan fingerprint density at radius 3 is 2.49 bits per heavy atom. The zero-order valence-electron chi connectivity index (χ0n) is 19.2. The Bertz CT molecular complexity index is 1370. The van der Waals surface area contributed by atoms with Crippen LogP contribution in [0, 0.1) is 11.6 Å². The second-order valence-corrected chi connectivity index (χ2v) is 10.1. The van der Waals surface area contributed by atoms with Gasteiger partial charge in [0.2, 0.25) is 10.0 Å². The minimum Gasteiger partial charge on any atom is -0.490 e. The third-order valence-electron chi connectivity index (χ3n) is 5.68. The molecule has 8 nitrogen and oxygen atoms in total. The second kappa shape index (κ2) is 9.74. The molecule has 0 radical (unpaired) electrons. The van der Waals surface area contributed by atoms with Crippen molar-refractivity contribution in [3.05, 3.63) is 54.2 Å². The van der Waals surface area contributed by atoms with E-state index in [1.807, 2.05) is 0 Å². The van der Waals surface area contributed by atoms with Crippen LogP contribution in [0.25, 0.3) is 22.0 Å². The lowest BCUT2D eigenvalue weighted by atomic mass is 10.0. The highest BCUT2D eigenvalue weighted by molar-refractivity contribution is 7.89. The lowest BCUT2D eigenvalue weighted by molar-refractivity contribution is 0.0520. The SMILES string of the molecule is CC(C)OC(=O)N1CCC(Oc2ccnc3c(-c4cc(F)c(S(N)(=O)=O)cc4F)cccc23)CC1. The van der Waals surface area contributed by atoms with Crippen LogP contribution in [-0.4, -0.2) is 49.7 Å². The maximum Gasteiger partial charge on any atom is 0.410 e. The molecule has 0 saturated carbocycles. The molecule has 1 aliphatic heterocycles.